The molecule has 0 heterocycles. The largest absolute Gasteiger partial charge is 0.393 e. The first-order valence-corrected chi connectivity index (χ1v) is 14.7. The van der Waals surface area contributed by atoms with Gasteiger partial charge in [0.2, 0.25) is 0 Å². The fraction of sp³-hybridized carbons (Fsp3) is 0.938. The highest BCUT2D eigenvalue weighted by Crippen LogP contribution is 2.77. The smallest absolute Gasteiger partial charge is 0.0594 e. The number of aliphatic hydroxyl groups excluding tert-OH is 1. The first-order valence-electron chi connectivity index (χ1n) is 14.7. The van der Waals surface area contributed by atoms with Gasteiger partial charge >= 0.3 is 0 Å². The summed E-state index contributed by atoms with van der Waals surface area (Å²) in [5, 5.41) is 11.0. The molecule has 0 aliphatic heterocycles. The third-order valence-electron chi connectivity index (χ3n) is 13.8. The Kier molecular flexibility index (Phi) is 6.01. The molecule has 5 fully saturated rings. The van der Waals surface area contributed by atoms with Crippen LogP contribution in [0.2, 0.25) is 0 Å². The van der Waals surface area contributed by atoms with Crippen LogP contribution in [0.4, 0.5) is 0 Å². The van der Waals surface area contributed by atoms with E-state index in [1.54, 1.807) is 0 Å². The van der Waals surface area contributed by atoms with Crippen LogP contribution in [-0.4, -0.2) is 24.9 Å². The van der Waals surface area contributed by atoms with E-state index in [0.29, 0.717) is 27.6 Å². The molecule has 0 bridgehead atoms. The van der Waals surface area contributed by atoms with Crippen LogP contribution >= 0.6 is 0 Å². The molecule has 1 N–H and O–H groups in total. The number of methoxy groups -OCH3 is 1. The standard InChI is InChI=1S/C32H54O2/c1-21(2)19-22-11-16-32(20-34-8)18-17-30(6)23(27(22)32)9-10-25-29(5)14-13-26(33)28(3,4)24(29)12-15-31(25,30)7/h22-27,33H,1,9-20H2,2-8H3. The van der Waals surface area contributed by atoms with Crippen molar-refractivity contribution in [3.05, 3.63) is 12.2 Å². The molecule has 5 saturated carbocycles. The summed E-state index contributed by atoms with van der Waals surface area (Å²) in [6, 6.07) is 0. The quantitative estimate of drug-likeness (QED) is 0.421. The topological polar surface area (TPSA) is 29.5 Å². The van der Waals surface area contributed by atoms with E-state index in [4.69, 9.17) is 4.74 Å². The highest BCUT2D eigenvalue weighted by molar-refractivity contribution is 5.19. The van der Waals surface area contributed by atoms with Gasteiger partial charge in [0, 0.05) is 7.11 Å². The van der Waals surface area contributed by atoms with E-state index >= 15 is 0 Å². The molecule has 0 saturated heterocycles. The molecule has 194 valence electrons. The number of allylic oxidation sites excluding steroid dienone is 1. The predicted molar refractivity (Wildman–Crippen MR) is 141 cm³/mol. The van der Waals surface area contributed by atoms with Crippen molar-refractivity contribution >= 4 is 0 Å². The van der Waals surface area contributed by atoms with Gasteiger partial charge in [-0.1, -0.05) is 40.2 Å². The van der Waals surface area contributed by atoms with E-state index in [-0.39, 0.29) is 11.5 Å². The minimum Gasteiger partial charge on any atom is -0.393 e. The van der Waals surface area contributed by atoms with Crippen LogP contribution in [0.15, 0.2) is 12.2 Å². The van der Waals surface area contributed by atoms with Crippen LogP contribution in [0, 0.1) is 56.7 Å². The normalized spacial score (nSPS) is 53.9. The number of hydrogen-bond acceptors (Lipinski definition) is 2. The third kappa shape index (κ3) is 3.19. The summed E-state index contributed by atoms with van der Waals surface area (Å²) in [5.74, 6) is 3.87. The molecule has 10 atom stereocenters. The highest BCUT2D eigenvalue weighted by Gasteiger charge is 2.70. The zero-order valence-electron chi connectivity index (χ0n) is 23.5. The molecule has 2 nitrogen and oxygen atoms in total. The summed E-state index contributed by atoms with van der Waals surface area (Å²) < 4.78 is 5.96. The monoisotopic (exact) mass is 470 g/mol. The Morgan fingerprint density at radius 1 is 0.853 bits per heavy atom. The van der Waals surface area contributed by atoms with Crippen molar-refractivity contribution in [2.45, 2.75) is 118 Å². The molecule has 0 aromatic rings. The van der Waals surface area contributed by atoms with Gasteiger partial charge in [-0.05, 0) is 134 Å². The lowest BCUT2D eigenvalue weighted by Gasteiger charge is -2.73. The Morgan fingerprint density at radius 3 is 2.26 bits per heavy atom. The molecule has 34 heavy (non-hydrogen) atoms. The fourth-order valence-corrected chi connectivity index (χ4v) is 12.1. The lowest BCUT2D eigenvalue weighted by Crippen LogP contribution is -2.66. The molecule has 5 aliphatic rings. The van der Waals surface area contributed by atoms with Crippen LogP contribution in [0.25, 0.3) is 0 Å². The first kappa shape index (κ1) is 25.3. The summed E-state index contributed by atoms with van der Waals surface area (Å²) >= 11 is 0. The zero-order chi connectivity index (χ0) is 24.7. The first-order chi connectivity index (χ1) is 15.9. The summed E-state index contributed by atoms with van der Waals surface area (Å²) in [5.41, 5.74) is 3.03. The molecule has 0 aromatic heterocycles. The third-order valence-corrected chi connectivity index (χ3v) is 13.8. The molecule has 0 spiro atoms. The molecule has 0 amide bonds. The Bertz CT molecular complexity index is 816. The van der Waals surface area contributed by atoms with Crippen LogP contribution in [0.1, 0.15) is 112 Å². The highest BCUT2D eigenvalue weighted by atomic mass is 16.5. The van der Waals surface area contributed by atoms with Gasteiger partial charge in [0.1, 0.15) is 0 Å². The van der Waals surface area contributed by atoms with Crippen LogP contribution < -0.4 is 0 Å². The van der Waals surface area contributed by atoms with Crippen LogP contribution in [0.3, 0.4) is 0 Å². The summed E-state index contributed by atoms with van der Waals surface area (Å²) in [6.45, 7) is 20.4. The molecule has 0 radical (unpaired) electrons. The van der Waals surface area contributed by atoms with Crippen molar-refractivity contribution in [2.75, 3.05) is 13.7 Å². The van der Waals surface area contributed by atoms with Crippen molar-refractivity contribution in [1.29, 1.82) is 0 Å². The van der Waals surface area contributed by atoms with Gasteiger partial charge in [-0.3, -0.25) is 0 Å². The van der Waals surface area contributed by atoms with Gasteiger partial charge in [-0.15, -0.1) is 6.58 Å². The van der Waals surface area contributed by atoms with E-state index < -0.39 is 0 Å². The summed E-state index contributed by atoms with van der Waals surface area (Å²) in [6.07, 6.45) is 14.2. The van der Waals surface area contributed by atoms with Gasteiger partial charge < -0.3 is 9.84 Å². The number of fused-ring (bicyclic) bond motifs is 7. The number of hydrogen-bond donors (Lipinski definition) is 1. The fourth-order valence-electron chi connectivity index (χ4n) is 12.1. The lowest BCUT2D eigenvalue weighted by atomic mass is 9.32. The van der Waals surface area contributed by atoms with Crippen molar-refractivity contribution in [2.24, 2.45) is 56.7 Å². The maximum Gasteiger partial charge on any atom is 0.0594 e. The number of ether oxygens (including phenoxy) is 1. The predicted octanol–water partition coefficient (Wildman–Crippen LogP) is 8.04. The minimum atomic E-state index is -0.132. The Morgan fingerprint density at radius 2 is 1.59 bits per heavy atom. The maximum absolute atomic E-state index is 11.0. The van der Waals surface area contributed by atoms with E-state index in [2.05, 4.69) is 48.1 Å². The lowest BCUT2D eigenvalue weighted by molar-refractivity contribution is -0.250. The molecule has 2 heteroatoms. The van der Waals surface area contributed by atoms with Crippen LogP contribution in [-0.2, 0) is 4.74 Å². The van der Waals surface area contributed by atoms with Gasteiger partial charge in [-0.2, -0.15) is 0 Å². The second-order valence-corrected chi connectivity index (χ2v) is 15.3. The van der Waals surface area contributed by atoms with Crippen molar-refractivity contribution in [3.63, 3.8) is 0 Å². The zero-order valence-corrected chi connectivity index (χ0v) is 23.5. The van der Waals surface area contributed by atoms with Gasteiger partial charge in [0.15, 0.2) is 0 Å². The van der Waals surface area contributed by atoms with Crippen molar-refractivity contribution in [1.82, 2.24) is 0 Å². The average Bonchev–Trinajstić information content (AvgIpc) is 3.10. The Balaban J connectivity index is 1.53. The molecule has 0 aromatic carbocycles. The van der Waals surface area contributed by atoms with E-state index in [0.717, 1.165) is 36.7 Å². The van der Waals surface area contributed by atoms with E-state index in [9.17, 15) is 5.11 Å². The molecule has 10 unspecified atom stereocenters. The minimum absolute atomic E-state index is 0.0459. The van der Waals surface area contributed by atoms with E-state index in [1.165, 1.54) is 69.8 Å². The summed E-state index contributed by atoms with van der Waals surface area (Å²) in [7, 11) is 1.94. The maximum atomic E-state index is 11.0. The van der Waals surface area contributed by atoms with Crippen molar-refractivity contribution < 1.29 is 9.84 Å². The molecular weight excluding hydrogens is 416 g/mol. The Hall–Kier alpha value is -0.340. The SMILES string of the molecule is C=C(C)CC1CCC2(COC)CCC3(C)C(CCC4C5(C)CCC(O)C(C)(C)C5CCC43C)C12. The number of aliphatic hydroxyl groups is 1. The molecular formula is C32H54O2. The average molecular weight is 471 g/mol. The second-order valence-electron chi connectivity index (χ2n) is 15.3. The van der Waals surface area contributed by atoms with E-state index in [1.807, 2.05) is 7.11 Å². The van der Waals surface area contributed by atoms with Gasteiger partial charge in [0.25, 0.3) is 0 Å². The molecule has 5 rings (SSSR count). The number of rotatable bonds is 4. The Labute approximate surface area is 210 Å². The summed E-state index contributed by atoms with van der Waals surface area (Å²) in [4.78, 5) is 0. The van der Waals surface area contributed by atoms with Gasteiger partial charge in [0.05, 0.1) is 12.7 Å². The second kappa shape index (κ2) is 8.08. The van der Waals surface area contributed by atoms with Crippen molar-refractivity contribution in [3.8, 4) is 0 Å². The van der Waals surface area contributed by atoms with Crippen LogP contribution in [0.5, 0.6) is 0 Å². The molecule has 5 aliphatic carbocycles. The van der Waals surface area contributed by atoms with Gasteiger partial charge in [-0.25, -0.2) is 0 Å².